The number of alkyl carbamates (subject to hydrolysis) is 1. The number of hydrogen-bond donors (Lipinski definition) is 2. The lowest BCUT2D eigenvalue weighted by Gasteiger charge is -2.36. The van der Waals surface area contributed by atoms with Crippen molar-refractivity contribution in [2.24, 2.45) is 11.8 Å². The summed E-state index contributed by atoms with van der Waals surface area (Å²) >= 11 is 0. The van der Waals surface area contributed by atoms with E-state index >= 15 is 0 Å². The van der Waals surface area contributed by atoms with Crippen LogP contribution >= 0.6 is 0 Å². The Morgan fingerprint density at radius 1 is 1.36 bits per heavy atom. The SMILES string of the molecule is CCOC(=O)[C@H]1C[C@H](O)[C@@H](C#N)C[C@@H]1NC(=O)OC(C)(C)C. The minimum absolute atomic E-state index is 0.0809. The fourth-order valence-corrected chi connectivity index (χ4v) is 2.45. The molecule has 1 aliphatic rings. The highest BCUT2D eigenvalue weighted by Gasteiger charge is 2.42. The molecule has 0 aromatic rings. The first-order chi connectivity index (χ1) is 10.2. The van der Waals surface area contributed by atoms with E-state index in [1.54, 1.807) is 27.7 Å². The van der Waals surface area contributed by atoms with E-state index in [0.717, 1.165) is 0 Å². The molecule has 124 valence electrons. The van der Waals surface area contributed by atoms with Crippen LogP contribution in [0.25, 0.3) is 0 Å². The van der Waals surface area contributed by atoms with Gasteiger partial charge in [0.15, 0.2) is 0 Å². The van der Waals surface area contributed by atoms with Crippen molar-refractivity contribution in [3.05, 3.63) is 0 Å². The molecular weight excluding hydrogens is 288 g/mol. The van der Waals surface area contributed by atoms with Crippen LogP contribution in [-0.4, -0.2) is 41.5 Å². The molecule has 0 spiro atoms. The molecule has 1 amide bonds. The summed E-state index contributed by atoms with van der Waals surface area (Å²) < 4.78 is 10.2. The van der Waals surface area contributed by atoms with E-state index in [9.17, 15) is 14.7 Å². The first-order valence-corrected chi connectivity index (χ1v) is 7.41. The van der Waals surface area contributed by atoms with Gasteiger partial charge in [0.1, 0.15) is 5.60 Å². The molecule has 0 radical (unpaired) electrons. The summed E-state index contributed by atoms with van der Waals surface area (Å²) in [6.45, 7) is 7.10. The van der Waals surface area contributed by atoms with Gasteiger partial charge in [-0.25, -0.2) is 4.79 Å². The summed E-state index contributed by atoms with van der Waals surface area (Å²) in [6, 6.07) is 1.41. The Morgan fingerprint density at radius 3 is 2.50 bits per heavy atom. The Morgan fingerprint density at radius 2 is 2.00 bits per heavy atom. The fraction of sp³-hybridized carbons (Fsp3) is 0.800. The molecule has 7 nitrogen and oxygen atoms in total. The third kappa shape index (κ3) is 5.19. The van der Waals surface area contributed by atoms with Crippen molar-refractivity contribution in [3.8, 4) is 6.07 Å². The average molecular weight is 312 g/mol. The Kier molecular flexibility index (Phi) is 6.18. The number of nitrogens with one attached hydrogen (secondary N) is 1. The molecule has 0 aromatic heterocycles. The summed E-state index contributed by atoms with van der Waals surface area (Å²) in [4.78, 5) is 23.9. The summed E-state index contributed by atoms with van der Waals surface area (Å²) in [6.07, 6.45) is -1.30. The van der Waals surface area contributed by atoms with E-state index in [4.69, 9.17) is 14.7 Å². The molecule has 7 heteroatoms. The molecule has 0 bridgehead atoms. The lowest BCUT2D eigenvalue weighted by molar-refractivity contribution is -0.152. The minimum atomic E-state index is -0.906. The Bertz CT molecular complexity index is 452. The van der Waals surface area contributed by atoms with E-state index in [1.807, 2.05) is 6.07 Å². The summed E-state index contributed by atoms with van der Waals surface area (Å²) in [7, 11) is 0. The van der Waals surface area contributed by atoms with Crippen LogP contribution in [0.5, 0.6) is 0 Å². The number of aliphatic hydroxyl groups excluding tert-OH is 1. The van der Waals surface area contributed by atoms with E-state index in [-0.39, 0.29) is 19.4 Å². The number of carbonyl (C=O) groups excluding carboxylic acids is 2. The molecule has 1 fully saturated rings. The van der Waals surface area contributed by atoms with Crippen LogP contribution in [0.3, 0.4) is 0 Å². The maximum atomic E-state index is 12.0. The maximum absolute atomic E-state index is 12.0. The Balaban J connectivity index is 2.82. The zero-order chi connectivity index (χ0) is 16.9. The first kappa shape index (κ1) is 18.2. The van der Waals surface area contributed by atoms with Crippen LogP contribution in [0.4, 0.5) is 4.79 Å². The van der Waals surface area contributed by atoms with Gasteiger partial charge in [-0.15, -0.1) is 0 Å². The zero-order valence-electron chi connectivity index (χ0n) is 13.5. The maximum Gasteiger partial charge on any atom is 0.407 e. The van der Waals surface area contributed by atoms with Gasteiger partial charge in [0.05, 0.1) is 30.6 Å². The number of nitriles is 1. The monoisotopic (exact) mass is 312 g/mol. The van der Waals surface area contributed by atoms with Crippen molar-refractivity contribution in [2.45, 2.75) is 58.3 Å². The third-order valence-corrected chi connectivity index (χ3v) is 3.41. The van der Waals surface area contributed by atoms with Crippen molar-refractivity contribution in [3.63, 3.8) is 0 Å². The molecule has 0 aliphatic heterocycles. The topological polar surface area (TPSA) is 109 Å². The molecular formula is C15H24N2O5. The van der Waals surface area contributed by atoms with Gasteiger partial charge >= 0.3 is 12.1 Å². The highest BCUT2D eigenvalue weighted by molar-refractivity contribution is 5.75. The molecule has 4 atom stereocenters. The Hall–Kier alpha value is -1.81. The standard InChI is InChI=1S/C15H24N2O5/c1-5-21-13(19)10-7-12(18)9(8-16)6-11(10)17-14(20)22-15(2,3)4/h9-12,18H,5-7H2,1-4H3,(H,17,20)/t9-,10+,11+,12+/m1/s1. The molecule has 1 rings (SSSR count). The van der Waals surface area contributed by atoms with Gasteiger partial charge in [-0.3, -0.25) is 4.79 Å². The summed E-state index contributed by atoms with van der Waals surface area (Å²) in [5, 5.41) is 21.6. The van der Waals surface area contributed by atoms with Crippen LogP contribution < -0.4 is 5.32 Å². The predicted octanol–water partition coefficient (Wildman–Crippen LogP) is 1.35. The van der Waals surface area contributed by atoms with Gasteiger partial charge in [-0.2, -0.15) is 5.26 Å². The lowest BCUT2D eigenvalue weighted by atomic mass is 9.77. The molecule has 0 heterocycles. The number of hydrogen-bond acceptors (Lipinski definition) is 6. The van der Waals surface area contributed by atoms with Crippen LogP contribution in [0.2, 0.25) is 0 Å². The van der Waals surface area contributed by atoms with Gasteiger partial charge < -0.3 is 19.9 Å². The molecule has 0 aromatic carbocycles. The third-order valence-electron chi connectivity index (χ3n) is 3.41. The number of amides is 1. The largest absolute Gasteiger partial charge is 0.466 e. The first-order valence-electron chi connectivity index (χ1n) is 7.41. The van der Waals surface area contributed by atoms with Crippen molar-refractivity contribution in [1.29, 1.82) is 5.26 Å². The van der Waals surface area contributed by atoms with E-state index in [2.05, 4.69) is 5.32 Å². The number of aliphatic hydroxyl groups is 1. The van der Waals surface area contributed by atoms with Gasteiger partial charge in [-0.05, 0) is 40.5 Å². The molecule has 0 unspecified atom stereocenters. The van der Waals surface area contributed by atoms with E-state index < -0.39 is 41.6 Å². The number of nitrogens with zero attached hydrogens (tertiary/aromatic N) is 1. The highest BCUT2D eigenvalue weighted by atomic mass is 16.6. The summed E-state index contributed by atoms with van der Waals surface area (Å²) in [5.41, 5.74) is -0.660. The van der Waals surface area contributed by atoms with Gasteiger partial charge in [0, 0.05) is 6.04 Å². The molecule has 22 heavy (non-hydrogen) atoms. The van der Waals surface area contributed by atoms with Crippen molar-refractivity contribution >= 4 is 12.1 Å². The van der Waals surface area contributed by atoms with Crippen molar-refractivity contribution < 1.29 is 24.2 Å². The van der Waals surface area contributed by atoms with Crippen LogP contribution in [0, 0.1) is 23.2 Å². The summed E-state index contributed by atoms with van der Waals surface area (Å²) in [5.74, 6) is -1.81. The Labute approximate surface area is 130 Å². The van der Waals surface area contributed by atoms with Crippen LogP contribution in [-0.2, 0) is 14.3 Å². The zero-order valence-corrected chi connectivity index (χ0v) is 13.5. The highest BCUT2D eigenvalue weighted by Crippen LogP contribution is 2.30. The van der Waals surface area contributed by atoms with E-state index in [0.29, 0.717) is 0 Å². The predicted molar refractivity (Wildman–Crippen MR) is 77.6 cm³/mol. The molecule has 1 saturated carbocycles. The second kappa shape index (κ2) is 7.45. The van der Waals surface area contributed by atoms with Gasteiger partial charge in [-0.1, -0.05) is 0 Å². The smallest absolute Gasteiger partial charge is 0.407 e. The second-order valence-corrected chi connectivity index (χ2v) is 6.39. The average Bonchev–Trinajstić information content (AvgIpc) is 2.38. The molecule has 0 saturated heterocycles. The van der Waals surface area contributed by atoms with Crippen LogP contribution in [0.15, 0.2) is 0 Å². The number of ether oxygens (including phenoxy) is 2. The fourth-order valence-electron chi connectivity index (χ4n) is 2.45. The van der Waals surface area contributed by atoms with Gasteiger partial charge in [0.2, 0.25) is 0 Å². The number of esters is 1. The number of rotatable bonds is 3. The number of carbonyl (C=O) groups is 2. The lowest BCUT2D eigenvalue weighted by Crippen LogP contribution is -2.51. The quantitative estimate of drug-likeness (QED) is 0.761. The van der Waals surface area contributed by atoms with Gasteiger partial charge in [0.25, 0.3) is 0 Å². The second-order valence-electron chi connectivity index (χ2n) is 6.39. The normalized spacial score (nSPS) is 28.4. The minimum Gasteiger partial charge on any atom is -0.466 e. The van der Waals surface area contributed by atoms with E-state index in [1.165, 1.54) is 0 Å². The van der Waals surface area contributed by atoms with Crippen LogP contribution in [0.1, 0.15) is 40.5 Å². The molecule has 2 N–H and O–H groups in total. The van der Waals surface area contributed by atoms with Crippen molar-refractivity contribution in [1.82, 2.24) is 5.32 Å². The van der Waals surface area contributed by atoms with Crippen molar-refractivity contribution in [2.75, 3.05) is 6.61 Å². The molecule has 1 aliphatic carbocycles.